The highest BCUT2D eigenvalue weighted by Crippen LogP contribution is 2.18. The number of piperidine rings is 1. The van der Waals surface area contributed by atoms with Gasteiger partial charge in [0.15, 0.2) is 0 Å². The van der Waals surface area contributed by atoms with Crippen molar-refractivity contribution in [1.82, 2.24) is 5.32 Å². The van der Waals surface area contributed by atoms with Gasteiger partial charge in [-0.2, -0.15) is 11.8 Å². The Balaban J connectivity index is 1.96. The standard InChI is InChI=1S/C8H18N2S/c9-4-2-6-11-8-3-1-5-10-7-8/h8,10H,1-7,9H2. The van der Waals surface area contributed by atoms with Crippen molar-refractivity contribution in [2.45, 2.75) is 24.5 Å². The third-order valence-electron chi connectivity index (χ3n) is 1.95. The molecule has 1 atom stereocenters. The average Bonchev–Trinajstić information content (AvgIpc) is 2.07. The fourth-order valence-electron chi connectivity index (χ4n) is 1.30. The van der Waals surface area contributed by atoms with Crippen LogP contribution in [0.5, 0.6) is 0 Å². The first-order valence-corrected chi connectivity index (χ1v) is 5.50. The monoisotopic (exact) mass is 174 g/mol. The van der Waals surface area contributed by atoms with Crippen molar-refractivity contribution in [3.05, 3.63) is 0 Å². The molecule has 0 radical (unpaired) electrons. The molecule has 0 bridgehead atoms. The predicted molar refractivity (Wildman–Crippen MR) is 52.0 cm³/mol. The zero-order chi connectivity index (χ0) is 7.94. The van der Waals surface area contributed by atoms with Gasteiger partial charge in [-0.3, -0.25) is 0 Å². The van der Waals surface area contributed by atoms with Gasteiger partial charge in [0.25, 0.3) is 0 Å². The molecule has 1 heterocycles. The normalized spacial score (nSPS) is 25.4. The zero-order valence-corrected chi connectivity index (χ0v) is 7.83. The number of nitrogens with two attached hydrogens (primary N) is 1. The Bertz CT molecular complexity index is 92.1. The molecule has 1 aliphatic rings. The highest BCUT2D eigenvalue weighted by molar-refractivity contribution is 7.99. The molecule has 66 valence electrons. The van der Waals surface area contributed by atoms with Crippen LogP contribution in [0.4, 0.5) is 0 Å². The fraction of sp³-hybridized carbons (Fsp3) is 1.00. The van der Waals surface area contributed by atoms with Gasteiger partial charge in [0.05, 0.1) is 0 Å². The number of hydrogen-bond acceptors (Lipinski definition) is 3. The molecule has 3 N–H and O–H groups in total. The Morgan fingerprint density at radius 1 is 1.55 bits per heavy atom. The maximum absolute atomic E-state index is 5.42. The number of nitrogens with one attached hydrogen (secondary N) is 1. The van der Waals surface area contributed by atoms with E-state index in [9.17, 15) is 0 Å². The number of rotatable bonds is 4. The smallest absolute Gasteiger partial charge is 0.0172 e. The molecule has 1 rings (SSSR count). The first-order chi connectivity index (χ1) is 5.43. The molecule has 0 saturated carbocycles. The topological polar surface area (TPSA) is 38.0 Å². The quantitative estimate of drug-likeness (QED) is 0.620. The van der Waals surface area contributed by atoms with Crippen LogP contribution in [0.15, 0.2) is 0 Å². The lowest BCUT2D eigenvalue weighted by atomic mass is 10.2. The molecule has 0 aromatic heterocycles. The Labute approximate surface area is 73.3 Å². The zero-order valence-electron chi connectivity index (χ0n) is 7.01. The van der Waals surface area contributed by atoms with Crippen LogP contribution in [0.3, 0.4) is 0 Å². The predicted octanol–water partition coefficient (Wildman–Crippen LogP) is 0.820. The molecule has 1 saturated heterocycles. The minimum absolute atomic E-state index is 0.840. The molecule has 0 amide bonds. The summed E-state index contributed by atoms with van der Waals surface area (Å²) >= 11 is 2.08. The summed E-state index contributed by atoms with van der Waals surface area (Å²) in [7, 11) is 0. The Kier molecular flexibility index (Phi) is 4.99. The molecule has 0 aromatic carbocycles. The van der Waals surface area contributed by atoms with Crippen LogP contribution in [0.25, 0.3) is 0 Å². The van der Waals surface area contributed by atoms with E-state index in [1.165, 1.54) is 38.1 Å². The Hall–Kier alpha value is 0.270. The maximum atomic E-state index is 5.42. The van der Waals surface area contributed by atoms with E-state index in [4.69, 9.17) is 5.73 Å². The molecular formula is C8H18N2S. The minimum atomic E-state index is 0.840. The highest BCUT2D eigenvalue weighted by Gasteiger charge is 2.11. The molecule has 11 heavy (non-hydrogen) atoms. The van der Waals surface area contributed by atoms with Gasteiger partial charge in [-0.05, 0) is 38.1 Å². The van der Waals surface area contributed by atoms with Crippen molar-refractivity contribution in [3.8, 4) is 0 Å². The molecule has 1 fully saturated rings. The summed E-state index contributed by atoms with van der Waals surface area (Å²) in [4.78, 5) is 0. The second kappa shape index (κ2) is 5.86. The Morgan fingerprint density at radius 3 is 3.09 bits per heavy atom. The van der Waals surface area contributed by atoms with Crippen LogP contribution in [-0.4, -0.2) is 30.6 Å². The van der Waals surface area contributed by atoms with Gasteiger partial charge in [0.2, 0.25) is 0 Å². The van der Waals surface area contributed by atoms with Crippen LogP contribution < -0.4 is 11.1 Å². The molecule has 3 heteroatoms. The summed E-state index contributed by atoms with van der Waals surface area (Å²) < 4.78 is 0. The van der Waals surface area contributed by atoms with E-state index in [1.807, 2.05) is 0 Å². The summed E-state index contributed by atoms with van der Waals surface area (Å²) in [5, 5.41) is 4.27. The lowest BCUT2D eigenvalue weighted by Crippen LogP contribution is -2.31. The Morgan fingerprint density at radius 2 is 2.45 bits per heavy atom. The summed E-state index contributed by atoms with van der Waals surface area (Å²) in [6, 6.07) is 0. The third kappa shape index (κ3) is 3.99. The van der Waals surface area contributed by atoms with Gasteiger partial charge in [-0.25, -0.2) is 0 Å². The van der Waals surface area contributed by atoms with Gasteiger partial charge in [0, 0.05) is 11.8 Å². The lowest BCUT2D eigenvalue weighted by molar-refractivity contribution is 0.531. The van der Waals surface area contributed by atoms with Crippen molar-refractivity contribution < 1.29 is 0 Å². The summed E-state index contributed by atoms with van der Waals surface area (Å²) in [6.45, 7) is 3.26. The highest BCUT2D eigenvalue weighted by atomic mass is 32.2. The van der Waals surface area contributed by atoms with E-state index in [2.05, 4.69) is 17.1 Å². The van der Waals surface area contributed by atoms with Crippen molar-refractivity contribution in [3.63, 3.8) is 0 Å². The van der Waals surface area contributed by atoms with Crippen LogP contribution in [-0.2, 0) is 0 Å². The third-order valence-corrected chi connectivity index (χ3v) is 3.35. The van der Waals surface area contributed by atoms with Crippen molar-refractivity contribution in [2.75, 3.05) is 25.4 Å². The molecular weight excluding hydrogens is 156 g/mol. The molecule has 1 aliphatic heterocycles. The van der Waals surface area contributed by atoms with Crippen molar-refractivity contribution >= 4 is 11.8 Å². The first-order valence-electron chi connectivity index (χ1n) is 4.46. The van der Waals surface area contributed by atoms with Crippen LogP contribution >= 0.6 is 11.8 Å². The molecule has 2 nitrogen and oxygen atoms in total. The largest absolute Gasteiger partial charge is 0.330 e. The number of hydrogen-bond donors (Lipinski definition) is 2. The van der Waals surface area contributed by atoms with E-state index >= 15 is 0 Å². The SMILES string of the molecule is NCCCSC1CCCNC1. The van der Waals surface area contributed by atoms with Gasteiger partial charge >= 0.3 is 0 Å². The molecule has 0 aliphatic carbocycles. The fourth-order valence-corrected chi connectivity index (χ4v) is 2.53. The van der Waals surface area contributed by atoms with Crippen molar-refractivity contribution in [2.24, 2.45) is 5.73 Å². The molecule has 0 spiro atoms. The molecule has 0 aromatic rings. The van der Waals surface area contributed by atoms with E-state index in [1.54, 1.807) is 0 Å². The van der Waals surface area contributed by atoms with Crippen LogP contribution in [0.2, 0.25) is 0 Å². The van der Waals surface area contributed by atoms with Crippen LogP contribution in [0.1, 0.15) is 19.3 Å². The average molecular weight is 174 g/mol. The van der Waals surface area contributed by atoms with E-state index in [0.29, 0.717) is 0 Å². The minimum Gasteiger partial charge on any atom is -0.330 e. The van der Waals surface area contributed by atoms with E-state index in [0.717, 1.165) is 11.8 Å². The summed E-state index contributed by atoms with van der Waals surface area (Å²) in [6.07, 6.45) is 3.91. The van der Waals surface area contributed by atoms with Gasteiger partial charge in [-0.1, -0.05) is 0 Å². The lowest BCUT2D eigenvalue weighted by Gasteiger charge is -2.21. The van der Waals surface area contributed by atoms with Gasteiger partial charge in [0.1, 0.15) is 0 Å². The first kappa shape index (κ1) is 9.36. The summed E-state index contributed by atoms with van der Waals surface area (Å²) in [5.74, 6) is 1.24. The second-order valence-electron chi connectivity index (χ2n) is 2.98. The maximum Gasteiger partial charge on any atom is 0.0172 e. The van der Waals surface area contributed by atoms with Crippen LogP contribution in [0, 0.1) is 0 Å². The van der Waals surface area contributed by atoms with E-state index in [-0.39, 0.29) is 0 Å². The van der Waals surface area contributed by atoms with Gasteiger partial charge in [-0.15, -0.1) is 0 Å². The molecule has 1 unspecified atom stereocenters. The van der Waals surface area contributed by atoms with Gasteiger partial charge < -0.3 is 11.1 Å². The van der Waals surface area contributed by atoms with Crippen molar-refractivity contribution in [1.29, 1.82) is 0 Å². The number of thioether (sulfide) groups is 1. The van der Waals surface area contributed by atoms with E-state index < -0.39 is 0 Å². The second-order valence-corrected chi connectivity index (χ2v) is 4.39. The summed E-state index contributed by atoms with van der Waals surface area (Å²) in [5.41, 5.74) is 5.42.